The Bertz CT molecular complexity index is 317. The Kier molecular flexibility index (Phi) is 3.44. The monoisotopic (exact) mass is 173 g/mol. The Balaban J connectivity index is 3.00. The molecule has 1 heteroatoms. The summed E-state index contributed by atoms with van der Waals surface area (Å²) >= 11 is 0. The summed E-state index contributed by atoms with van der Waals surface area (Å²) in [6, 6.07) is 8.46. The van der Waals surface area contributed by atoms with Crippen LogP contribution < -0.4 is 0 Å². The van der Waals surface area contributed by atoms with E-state index < -0.39 is 0 Å². The molecular formula is C12H15N. The molecule has 0 amide bonds. The lowest BCUT2D eigenvalue weighted by atomic mass is 10.1. The Morgan fingerprint density at radius 1 is 1.23 bits per heavy atom. The first-order chi connectivity index (χ1) is 6.27. The SMILES string of the molecule is C/C=C(\C=NC)c1ccc(C)cc1. The van der Waals surface area contributed by atoms with E-state index in [2.05, 4.69) is 42.3 Å². The van der Waals surface area contributed by atoms with Crippen LogP contribution in [-0.2, 0) is 0 Å². The van der Waals surface area contributed by atoms with Gasteiger partial charge in [-0.3, -0.25) is 4.99 Å². The fourth-order valence-electron chi connectivity index (χ4n) is 1.20. The number of hydrogen-bond acceptors (Lipinski definition) is 1. The molecule has 68 valence electrons. The van der Waals surface area contributed by atoms with Crippen molar-refractivity contribution in [2.45, 2.75) is 13.8 Å². The second-order valence-corrected chi connectivity index (χ2v) is 3.00. The van der Waals surface area contributed by atoms with Gasteiger partial charge in [0.15, 0.2) is 0 Å². The van der Waals surface area contributed by atoms with Crippen LogP contribution in [0.15, 0.2) is 35.3 Å². The highest BCUT2D eigenvalue weighted by atomic mass is 14.6. The number of rotatable bonds is 2. The molecule has 0 spiro atoms. The van der Waals surface area contributed by atoms with Crippen molar-refractivity contribution in [3.8, 4) is 0 Å². The minimum absolute atomic E-state index is 1.17. The van der Waals surface area contributed by atoms with Crippen LogP contribution in [0.5, 0.6) is 0 Å². The summed E-state index contributed by atoms with van der Waals surface area (Å²) in [7, 11) is 1.79. The molecule has 1 nitrogen and oxygen atoms in total. The van der Waals surface area contributed by atoms with Crippen LogP contribution in [0.4, 0.5) is 0 Å². The van der Waals surface area contributed by atoms with Gasteiger partial charge in [-0.1, -0.05) is 35.9 Å². The molecule has 0 fully saturated rings. The Morgan fingerprint density at radius 3 is 2.31 bits per heavy atom. The van der Waals surface area contributed by atoms with Crippen LogP contribution in [0.25, 0.3) is 5.57 Å². The minimum Gasteiger partial charge on any atom is -0.296 e. The number of hydrogen-bond donors (Lipinski definition) is 0. The summed E-state index contributed by atoms with van der Waals surface area (Å²) in [6.07, 6.45) is 3.95. The van der Waals surface area contributed by atoms with E-state index in [-0.39, 0.29) is 0 Å². The third kappa shape index (κ3) is 2.55. The maximum Gasteiger partial charge on any atom is 0.0284 e. The van der Waals surface area contributed by atoms with E-state index in [1.54, 1.807) is 7.05 Å². The Hall–Kier alpha value is -1.37. The molecule has 0 aliphatic heterocycles. The van der Waals surface area contributed by atoms with Crippen molar-refractivity contribution in [2.24, 2.45) is 4.99 Å². The largest absolute Gasteiger partial charge is 0.296 e. The summed E-state index contributed by atoms with van der Waals surface area (Å²) in [4.78, 5) is 4.01. The molecular weight excluding hydrogens is 158 g/mol. The minimum atomic E-state index is 1.17. The summed E-state index contributed by atoms with van der Waals surface area (Å²) in [5, 5.41) is 0. The predicted molar refractivity (Wildman–Crippen MR) is 59.2 cm³/mol. The van der Waals surface area contributed by atoms with E-state index in [1.807, 2.05) is 13.1 Å². The van der Waals surface area contributed by atoms with Gasteiger partial charge in [0, 0.05) is 13.3 Å². The molecule has 0 aliphatic carbocycles. The van der Waals surface area contributed by atoms with E-state index in [4.69, 9.17) is 0 Å². The molecule has 0 atom stereocenters. The maximum absolute atomic E-state index is 4.01. The molecule has 0 saturated heterocycles. The van der Waals surface area contributed by atoms with Gasteiger partial charge in [0.2, 0.25) is 0 Å². The van der Waals surface area contributed by atoms with Crippen molar-refractivity contribution in [1.29, 1.82) is 0 Å². The molecule has 1 aromatic carbocycles. The summed E-state index contributed by atoms with van der Waals surface area (Å²) in [5.74, 6) is 0. The van der Waals surface area contributed by atoms with Gasteiger partial charge in [-0.25, -0.2) is 0 Å². The standard InChI is InChI=1S/C12H15N/c1-4-11(9-13-3)12-7-5-10(2)6-8-12/h4-9H,1-3H3/b11-4+,13-9?. The number of benzene rings is 1. The van der Waals surface area contributed by atoms with E-state index in [1.165, 1.54) is 16.7 Å². The first-order valence-electron chi connectivity index (χ1n) is 4.43. The van der Waals surface area contributed by atoms with Gasteiger partial charge in [-0.15, -0.1) is 0 Å². The second kappa shape index (κ2) is 4.61. The molecule has 0 saturated carbocycles. The quantitative estimate of drug-likeness (QED) is 0.609. The fraction of sp³-hybridized carbons (Fsp3) is 0.250. The number of aliphatic imine (C=N–C) groups is 1. The van der Waals surface area contributed by atoms with Crippen LogP contribution in [0.2, 0.25) is 0 Å². The van der Waals surface area contributed by atoms with Crippen LogP contribution in [0.1, 0.15) is 18.1 Å². The molecule has 0 radical (unpaired) electrons. The lowest BCUT2D eigenvalue weighted by molar-refractivity contribution is 1.45. The van der Waals surface area contributed by atoms with Gasteiger partial charge in [0.1, 0.15) is 0 Å². The van der Waals surface area contributed by atoms with Crippen molar-refractivity contribution < 1.29 is 0 Å². The van der Waals surface area contributed by atoms with Gasteiger partial charge >= 0.3 is 0 Å². The van der Waals surface area contributed by atoms with E-state index >= 15 is 0 Å². The molecule has 0 aromatic heterocycles. The normalized spacial score (nSPS) is 12.4. The zero-order chi connectivity index (χ0) is 9.68. The highest BCUT2D eigenvalue weighted by Crippen LogP contribution is 2.12. The lowest BCUT2D eigenvalue weighted by Crippen LogP contribution is -1.85. The van der Waals surface area contributed by atoms with Gasteiger partial charge < -0.3 is 0 Å². The van der Waals surface area contributed by atoms with E-state index in [0.717, 1.165) is 0 Å². The zero-order valence-corrected chi connectivity index (χ0v) is 8.41. The average molecular weight is 173 g/mol. The summed E-state index contributed by atoms with van der Waals surface area (Å²) in [6.45, 7) is 4.11. The first kappa shape index (κ1) is 9.72. The summed E-state index contributed by atoms with van der Waals surface area (Å²) < 4.78 is 0. The average Bonchev–Trinajstić information content (AvgIpc) is 2.16. The number of allylic oxidation sites excluding steroid dienone is 2. The van der Waals surface area contributed by atoms with Crippen molar-refractivity contribution in [2.75, 3.05) is 7.05 Å². The first-order valence-corrected chi connectivity index (χ1v) is 4.43. The van der Waals surface area contributed by atoms with Crippen LogP contribution in [-0.4, -0.2) is 13.3 Å². The van der Waals surface area contributed by atoms with Crippen LogP contribution >= 0.6 is 0 Å². The number of aryl methyl sites for hydroxylation is 1. The van der Waals surface area contributed by atoms with Crippen LogP contribution in [0, 0.1) is 6.92 Å². The van der Waals surface area contributed by atoms with E-state index in [0.29, 0.717) is 0 Å². The second-order valence-electron chi connectivity index (χ2n) is 3.00. The molecule has 1 rings (SSSR count). The highest BCUT2D eigenvalue weighted by molar-refractivity contribution is 6.09. The van der Waals surface area contributed by atoms with Gasteiger partial charge in [-0.2, -0.15) is 0 Å². The molecule has 13 heavy (non-hydrogen) atoms. The Labute approximate surface area is 79.8 Å². The maximum atomic E-state index is 4.01. The number of nitrogens with zero attached hydrogens (tertiary/aromatic N) is 1. The summed E-state index contributed by atoms with van der Waals surface area (Å²) in [5.41, 5.74) is 3.67. The van der Waals surface area contributed by atoms with Crippen molar-refractivity contribution in [3.05, 3.63) is 41.5 Å². The molecule has 1 aromatic rings. The predicted octanol–water partition coefficient (Wildman–Crippen LogP) is 3.10. The zero-order valence-electron chi connectivity index (χ0n) is 8.41. The lowest BCUT2D eigenvalue weighted by Gasteiger charge is -2.01. The van der Waals surface area contributed by atoms with Crippen LogP contribution in [0.3, 0.4) is 0 Å². The van der Waals surface area contributed by atoms with Gasteiger partial charge in [0.05, 0.1) is 0 Å². The van der Waals surface area contributed by atoms with E-state index in [9.17, 15) is 0 Å². The third-order valence-corrected chi connectivity index (χ3v) is 1.96. The Morgan fingerprint density at radius 2 is 1.85 bits per heavy atom. The third-order valence-electron chi connectivity index (χ3n) is 1.96. The molecule has 0 heterocycles. The fourth-order valence-corrected chi connectivity index (χ4v) is 1.20. The molecule has 0 bridgehead atoms. The van der Waals surface area contributed by atoms with Gasteiger partial charge in [-0.05, 0) is 25.0 Å². The van der Waals surface area contributed by atoms with Crippen molar-refractivity contribution in [3.63, 3.8) is 0 Å². The van der Waals surface area contributed by atoms with Crippen molar-refractivity contribution >= 4 is 11.8 Å². The van der Waals surface area contributed by atoms with Gasteiger partial charge in [0.25, 0.3) is 0 Å². The molecule has 0 unspecified atom stereocenters. The highest BCUT2D eigenvalue weighted by Gasteiger charge is 1.95. The van der Waals surface area contributed by atoms with Crippen molar-refractivity contribution in [1.82, 2.24) is 0 Å². The molecule has 0 aliphatic rings. The molecule has 0 N–H and O–H groups in total. The smallest absolute Gasteiger partial charge is 0.0284 e. The topological polar surface area (TPSA) is 12.4 Å².